The molecule has 0 aliphatic rings. The van der Waals surface area contributed by atoms with Crippen molar-refractivity contribution in [2.75, 3.05) is 6.61 Å². The average Bonchev–Trinajstić information content (AvgIpc) is 2.60. The maximum absolute atomic E-state index is 11.5. The summed E-state index contributed by atoms with van der Waals surface area (Å²) in [6, 6.07) is 14.6. The molecule has 2 aromatic rings. The van der Waals surface area contributed by atoms with Crippen molar-refractivity contribution in [1.82, 2.24) is 0 Å². The van der Waals surface area contributed by atoms with Gasteiger partial charge in [-0.25, -0.2) is 4.79 Å². The van der Waals surface area contributed by atoms with Crippen LogP contribution in [-0.4, -0.2) is 17.7 Å². The molecule has 3 nitrogen and oxygen atoms in total. The van der Waals surface area contributed by atoms with Gasteiger partial charge in [-0.15, -0.1) is 0 Å². The fourth-order valence-corrected chi connectivity index (χ4v) is 1.90. The number of esters is 1. The van der Waals surface area contributed by atoms with E-state index < -0.39 is 0 Å². The minimum absolute atomic E-state index is 0.0472. The van der Waals surface area contributed by atoms with Crippen LogP contribution in [0.3, 0.4) is 0 Å². The largest absolute Gasteiger partial charge is 0.462 e. The summed E-state index contributed by atoms with van der Waals surface area (Å²) in [5.74, 6) is 5.64. The van der Waals surface area contributed by atoms with E-state index in [1.54, 1.807) is 37.3 Å². The van der Waals surface area contributed by atoms with Crippen molar-refractivity contribution in [2.24, 2.45) is 0 Å². The molecule has 0 bridgehead atoms. The van der Waals surface area contributed by atoms with Gasteiger partial charge in [-0.05, 0) is 54.5 Å². The highest BCUT2D eigenvalue weighted by Crippen LogP contribution is 2.07. The van der Waals surface area contributed by atoms with Crippen LogP contribution in [-0.2, 0) is 11.3 Å². The van der Waals surface area contributed by atoms with Gasteiger partial charge >= 0.3 is 5.97 Å². The summed E-state index contributed by atoms with van der Waals surface area (Å²) in [4.78, 5) is 11.5. The molecule has 0 heterocycles. The van der Waals surface area contributed by atoms with E-state index in [1.165, 1.54) is 0 Å². The van der Waals surface area contributed by atoms with E-state index >= 15 is 0 Å². The number of rotatable bonds is 4. The second kappa shape index (κ2) is 8.57. The molecule has 2 aromatic carbocycles. The highest BCUT2D eigenvalue weighted by Gasteiger charge is 2.04. The smallest absolute Gasteiger partial charge is 0.338 e. The summed E-state index contributed by atoms with van der Waals surface area (Å²) in [5.41, 5.74) is 3.26. The van der Waals surface area contributed by atoms with E-state index in [9.17, 15) is 4.79 Å². The zero-order chi connectivity index (χ0) is 16.5. The van der Waals surface area contributed by atoms with Crippen LogP contribution in [0.5, 0.6) is 0 Å². The maximum Gasteiger partial charge on any atom is 0.338 e. The van der Waals surface area contributed by atoms with Gasteiger partial charge in [0.15, 0.2) is 0 Å². The third kappa shape index (κ3) is 5.14. The molecule has 2 rings (SSSR count). The molecule has 0 radical (unpaired) electrons. The molecule has 0 unspecified atom stereocenters. The van der Waals surface area contributed by atoms with Crippen LogP contribution in [0.4, 0.5) is 0 Å². The Hall–Kier alpha value is -2.83. The van der Waals surface area contributed by atoms with Gasteiger partial charge in [-0.2, -0.15) is 0 Å². The standard InChI is InChI=1S/C20H18O3/c1-2-23-20(22)19-13-11-17(12-14-19)6-4-3-5-16-7-9-18(15-21)10-8-16/h3,5,7-14,21H,2,15H2,1H3. The number of aliphatic hydroxyl groups excluding tert-OH is 1. The number of aliphatic hydroxyl groups is 1. The van der Waals surface area contributed by atoms with Crippen molar-refractivity contribution in [3.05, 3.63) is 76.9 Å². The number of allylic oxidation sites excluding steroid dienone is 1. The van der Waals surface area contributed by atoms with E-state index in [4.69, 9.17) is 9.84 Å². The van der Waals surface area contributed by atoms with Crippen LogP contribution in [0.2, 0.25) is 0 Å². The Morgan fingerprint density at radius 2 is 1.83 bits per heavy atom. The van der Waals surface area contributed by atoms with Gasteiger partial charge in [0, 0.05) is 5.56 Å². The number of benzene rings is 2. The van der Waals surface area contributed by atoms with Gasteiger partial charge in [0.1, 0.15) is 0 Å². The minimum atomic E-state index is -0.321. The fourth-order valence-electron chi connectivity index (χ4n) is 1.90. The number of carbonyl (C=O) groups excluding carboxylic acids is 1. The zero-order valence-corrected chi connectivity index (χ0v) is 13.0. The molecule has 0 aromatic heterocycles. The Bertz CT molecular complexity index is 729. The Morgan fingerprint density at radius 1 is 1.13 bits per heavy atom. The Labute approximate surface area is 136 Å². The summed E-state index contributed by atoms with van der Waals surface area (Å²) in [6.45, 7) is 2.19. The van der Waals surface area contributed by atoms with Gasteiger partial charge in [-0.1, -0.05) is 36.1 Å². The Kier molecular flexibility index (Phi) is 6.17. The van der Waals surface area contributed by atoms with E-state index in [2.05, 4.69) is 11.8 Å². The van der Waals surface area contributed by atoms with Gasteiger partial charge in [-0.3, -0.25) is 0 Å². The summed E-state index contributed by atoms with van der Waals surface area (Å²) in [7, 11) is 0. The molecule has 0 fully saturated rings. The van der Waals surface area contributed by atoms with Crippen LogP contribution >= 0.6 is 0 Å². The molecule has 0 saturated heterocycles. The lowest BCUT2D eigenvalue weighted by molar-refractivity contribution is 0.0526. The second-order valence-corrected chi connectivity index (χ2v) is 4.80. The number of carbonyl (C=O) groups is 1. The van der Waals surface area contributed by atoms with E-state index in [1.807, 2.05) is 30.3 Å². The Morgan fingerprint density at radius 3 is 2.43 bits per heavy atom. The second-order valence-electron chi connectivity index (χ2n) is 4.80. The predicted molar refractivity (Wildman–Crippen MR) is 90.7 cm³/mol. The first-order chi connectivity index (χ1) is 11.2. The first-order valence-electron chi connectivity index (χ1n) is 7.38. The predicted octanol–water partition coefficient (Wildman–Crippen LogP) is 3.42. The van der Waals surface area contributed by atoms with Gasteiger partial charge < -0.3 is 9.84 Å². The van der Waals surface area contributed by atoms with Crippen molar-refractivity contribution in [2.45, 2.75) is 13.5 Å². The molecule has 0 aliphatic carbocycles. The first-order valence-corrected chi connectivity index (χ1v) is 7.38. The minimum Gasteiger partial charge on any atom is -0.462 e. The SMILES string of the molecule is CCOC(=O)c1ccc(C#CC=Cc2ccc(CO)cc2)cc1. The molecule has 23 heavy (non-hydrogen) atoms. The summed E-state index contributed by atoms with van der Waals surface area (Å²) < 4.78 is 4.93. The molecule has 0 spiro atoms. The molecule has 0 saturated carbocycles. The van der Waals surface area contributed by atoms with Crippen LogP contribution in [0, 0.1) is 11.8 Å². The lowest BCUT2D eigenvalue weighted by atomic mass is 10.1. The van der Waals surface area contributed by atoms with Crippen molar-refractivity contribution < 1.29 is 14.6 Å². The molecule has 1 N–H and O–H groups in total. The van der Waals surface area contributed by atoms with Gasteiger partial charge in [0.05, 0.1) is 18.8 Å². The van der Waals surface area contributed by atoms with Crippen molar-refractivity contribution >= 4 is 12.0 Å². The molecule has 116 valence electrons. The van der Waals surface area contributed by atoms with E-state index in [0.29, 0.717) is 12.2 Å². The topological polar surface area (TPSA) is 46.5 Å². The molecule has 0 atom stereocenters. The molecule has 3 heteroatoms. The third-order valence-electron chi connectivity index (χ3n) is 3.13. The first kappa shape index (κ1) is 16.5. The number of ether oxygens (including phenoxy) is 1. The van der Waals surface area contributed by atoms with Gasteiger partial charge in [0.2, 0.25) is 0 Å². The number of hydrogen-bond donors (Lipinski definition) is 1. The number of hydrogen-bond acceptors (Lipinski definition) is 3. The summed E-state index contributed by atoms with van der Waals surface area (Å²) >= 11 is 0. The van der Waals surface area contributed by atoms with Crippen molar-refractivity contribution in [1.29, 1.82) is 0 Å². The zero-order valence-electron chi connectivity index (χ0n) is 13.0. The third-order valence-corrected chi connectivity index (χ3v) is 3.13. The normalized spacial score (nSPS) is 10.2. The lowest BCUT2D eigenvalue weighted by Gasteiger charge is -2.00. The fraction of sp³-hybridized carbons (Fsp3) is 0.150. The quantitative estimate of drug-likeness (QED) is 0.695. The van der Waals surface area contributed by atoms with Crippen molar-refractivity contribution in [3.63, 3.8) is 0 Å². The van der Waals surface area contributed by atoms with E-state index in [-0.39, 0.29) is 12.6 Å². The highest BCUT2D eigenvalue weighted by atomic mass is 16.5. The highest BCUT2D eigenvalue weighted by molar-refractivity contribution is 5.89. The molecule has 0 aliphatic heterocycles. The Balaban J connectivity index is 1.98. The van der Waals surface area contributed by atoms with Gasteiger partial charge in [0.25, 0.3) is 0 Å². The van der Waals surface area contributed by atoms with Crippen molar-refractivity contribution in [3.8, 4) is 11.8 Å². The van der Waals surface area contributed by atoms with E-state index in [0.717, 1.165) is 16.7 Å². The maximum atomic E-state index is 11.5. The average molecular weight is 306 g/mol. The van der Waals surface area contributed by atoms with Crippen LogP contribution in [0.25, 0.3) is 6.08 Å². The molecular weight excluding hydrogens is 288 g/mol. The van der Waals surface area contributed by atoms with Crippen LogP contribution in [0.1, 0.15) is 34.0 Å². The molecule has 0 amide bonds. The molecular formula is C20H18O3. The van der Waals surface area contributed by atoms with Crippen LogP contribution in [0.15, 0.2) is 54.6 Å². The monoisotopic (exact) mass is 306 g/mol. The lowest BCUT2D eigenvalue weighted by Crippen LogP contribution is -2.03. The summed E-state index contributed by atoms with van der Waals surface area (Å²) in [5, 5.41) is 8.98. The van der Waals surface area contributed by atoms with Crippen LogP contribution < -0.4 is 0 Å². The summed E-state index contributed by atoms with van der Waals surface area (Å²) in [6.07, 6.45) is 3.67.